The van der Waals surface area contributed by atoms with Crippen LogP contribution >= 0.6 is 0 Å². The van der Waals surface area contributed by atoms with Crippen molar-refractivity contribution in [2.75, 3.05) is 31.6 Å². The van der Waals surface area contributed by atoms with E-state index in [4.69, 9.17) is 4.74 Å². The summed E-state index contributed by atoms with van der Waals surface area (Å²) >= 11 is 0. The van der Waals surface area contributed by atoms with Crippen molar-refractivity contribution in [1.29, 1.82) is 0 Å². The summed E-state index contributed by atoms with van der Waals surface area (Å²) in [6.45, 7) is 2.22. The summed E-state index contributed by atoms with van der Waals surface area (Å²) in [5.74, 6) is -0.540. The molecule has 0 bridgehead atoms. The molecule has 1 aromatic carbocycles. The maximum absolute atomic E-state index is 12.7. The van der Waals surface area contributed by atoms with Crippen molar-refractivity contribution >= 4 is 17.5 Å². The van der Waals surface area contributed by atoms with Crippen LogP contribution in [0.1, 0.15) is 38.5 Å². The number of morpholine rings is 1. The van der Waals surface area contributed by atoms with Crippen LogP contribution < -0.4 is 10.1 Å². The molecule has 0 atom stereocenters. The fourth-order valence-corrected chi connectivity index (χ4v) is 4.07. The Hall–Kier alpha value is -2.29. The van der Waals surface area contributed by atoms with E-state index in [9.17, 15) is 22.8 Å². The van der Waals surface area contributed by atoms with Gasteiger partial charge in [0, 0.05) is 31.6 Å². The summed E-state index contributed by atoms with van der Waals surface area (Å²) in [5.41, 5.74) is 0.0240. The van der Waals surface area contributed by atoms with Gasteiger partial charge in [0.15, 0.2) is 0 Å². The first kappa shape index (κ1) is 21.4. The van der Waals surface area contributed by atoms with Gasteiger partial charge in [-0.1, -0.05) is 12.8 Å². The maximum atomic E-state index is 12.7. The Morgan fingerprint density at radius 3 is 2.28 bits per heavy atom. The Kier molecular flexibility index (Phi) is 6.66. The van der Waals surface area contributed by atoms with Crippen LogP contribution in [0.15, 0.2) is 24.3 Å². The topological polar surface area (TPSA) is 67.9 Å². The molecule has 1 N–H and O–H groups in total. The van der Waals surface area contributed by atoms with Gasteiger partial charge in [0.2, 0.25) is 11.8 Å². The maximum Gasteiger partial charge on any atom is 0.573 e. The van der Waals surface area contributed by atoms with Crippen LogP contribution in [0, 0.1) is 5.41 Å². The van der Waals surface area contributed by atoms with Gasteiger partial charge in [-0.3, -0.25) is 9.59 Å². The molecule has 1 aliphatic heterocycles. The van der Waals surface area contributed by atoms with Crippen LogP contribution in [0.2, 0.25) is 0 Å². The standard InChI is InChI=1S/C20H25F3N2O4/c21-20(22,23)29-16-5-3-15(4-6-16)24-17(26)13-19(7-1-2-8-19)14-18(27)25-9-11-28-12-10-25/h3-6H,1-2,7-14H2,(H,24,26). The second kappa shape index (κ2) is 9.02. The molecule has 0 spiro atoms. The minimum atomic E-state index is -4.76. The first-order valence-corrected chi connectivity index (χ1v) is 9.76. The molecule has 2 aliphatic rings. The number of ether oxygens (including phenoxy) is 2. The van der Waals surface area contributed by atoms with Gasteiger partial charge in [-0.15, -0.1) is 13.2 Å². The fraction of sp³-hybridized carbons (Fsp3) is 0.600. The number of anilines is 1. The average Bonchev–Trinajstić information content (AvgIpc) is 3.10. The fourth-order valence-electron chi connectivity index (χ4n) is 4.07. The van der Waals surface area contributed by atoms with Gasteiger partial charge < -0.3 is 19.7 Å². The van der Waals surface area contributed by atoms with Crippen LogP contribution in [0.5, 0.6) is 5.75 Å². The first-order valence-electron chi connectivity index (χ1n) is 9.76. The Balaban J connectivity index is 1.57. The zero-order valence-electron chi connectivity index (χ0n) is 16.1. The largest absolute Gasteiger partial charge is 0.573 e. The highest BCUT2D eigenvalue weighted by molar-refractivity contribution is 5.91. The number of hydrogen-bond donors (Lipinski definition) is 1. The molecular formula is C20H25F3N2O4. The molecule has 3 rings (SSSR count). The predicted molar refractivity (Wildman–Crippen MR) is 99.3 cm³/mol. The molecule has 29 heavy (non-hydrogen) atoms. The molecule has 1 aromatic rings. The Labute approximate surface area is 167 Å². The van der Waals surface area contributed by atoms with E-state index in [1.54, 1.807) is 4.90 Å². The number of benzene rings is 1. The third kappa shape index (κ3) is 6.35. The summed E-state index contributed by atoms with van der Waals surface area (Å²) in [4.78, 5) is 27.1. The smallest absolute Gasteiger partial charge is 0.406 e. The van der Waals surface area contributed by atoms with E-state index in [1.807, 2.05) is 0 Å². The first-order chi connectivity index (χ1) is 13.7. The SMILES string of the molecule is O=C(CC1(CC(=O)N2CCOCC2)CCCC1)Nc1ccc(OC(F)(F)F)cc1. The number of rotatable bonds is 6. The predicted octanol–water partition coefficient (Wildman–Crippen LogP) is 3.72. The van der Waals surface area contributed by atoms with Crippen molar-refractivity contribution in [3.8, 4) is 5.75 Å². The second-order valence-corrected chi connectivity index (χ2v) is 7.67. The number of nitrogens with zero attached hydrogens (tertiary/aromatic N) is 1. The lowest BCUT2D eigenvalue weighted by molar-refractivity contribution is -0.274. The lowest BCUT2D eigenvalue weighted by atomic mass is 9.78. The highest BCUT2D eigenvalue weighted by atomic mass is 19.4. The van der Waals surface area contributed by atoms with Crippen LogP contribution in [0.3, 0.4) is 0 Å². The second-order valence-electron chi connectivity index (χ2n) is 7.67. The summed E-state index contributed by atoms with van der Waals surface area (Å²) < 4.78 is 45.8. The van der Waals surface area contributed by atoms with Gasteiger partial charge in [-0.05, 0) is 42.5 Å². The minimum Gasteiger partial charge on any atom is -0.406 e. The van der Waals surface area contributed by atoms with Gasteiger partial charge in [-0.2, -0.15) is 0 Å². The van der Waals surface area contributed by atoms with Crippen molar-refractivity contribution in [2.24, 2.45) is 5.41 Å². The lowest BCUT2D eigenvalue weighted by Crippen LogP contribution is -2.43. The van der Waals surface area contributed by atoms with Crippen LogP contribution in [-0.2, 0) is 14.3 Å². The Bertz CT molecular complexity index is 709. The quantitative estimate of drug-likeness (QED) is 0.770. The van der Waals surface area contributed by atoms with E-state index in [0.717, 1.165) is 37.8 Å². The van der Waals surface area contributed by atoms with E-state index in [2.05, 4.69) is 10.1 Å². The van der Waals surface area contributed by atoms with Crippen molar-refractivity contribution in [3.05, 3.63) is 24.3 Å². The van der Waals surface area contributed by atoms with E-state index in [-0.39, 0.29) is 29.4 Å². The van der Waals surface area contributed by atoms with Crippen molar-refractivity contribution in [3.63, 3.8) is 0 Å². The number of hydrogen-bond acceptors (Lipinski definition) is 4. The molecule has 1 aliphatic carbocycles. The zero-order chi connectivity index (χ0) is 20.9. The lowest BCUT2D eigenvalue weighted by Gasteiger charge is -2.33. The van der Waals surface area contributed by atoms with E-state index in [0.29, 0.717) is 38.4 Å². The molecule has 160 valence electrons. The van der Waals surface area contributed by atoms with Crippen molar-refractivity contribution in [1.82, 2.24) is 4.90 Å². The monoisotopic (exact) mass is 414 g/mol. The molecule has 2 amide bonds. The number of alkyl halides is 3. The third-order valence-corrected chi connectivity index (χ3v) is 5.46. The Morgan fingerprint density at radius 1 is 1.07 bits per heavy atom. The highest BCUT2D eigenvalue weighted by Gasteiger charge is 2.39. The van der Waals surface area contributed by atoms with Gasteiger partial charge in [0.1, 0.15) is 5.75 Å². The van der Waals surface area contributed by atoms with E-state index >= 15 is 0 Å². The average molecular weight is 414 g/mol. The molecule has 0 aromatic heterocycles. The van der Waals surface area contributed by atoms with Crippen molar-refractivity contribution < 1.29 is 32.2 Å². The van der Waals surface area contributed by atoms with Gasteiger partial charge in [-0.25, -0.2) is 0 Å². The summed E-state index contributed by atoms with van der Waals surface area (Å²) in [7, 11) is 0. The molecule has 9 heteroatoms. The number of carbonyl (C=O) groups excluding carboxylic acids is 2. The van der Waals surface area contributed by atoms with Gasteiger partial charge >= 0.3 is 6.36 Å². The van der Waals surface area contributed by atoms with Crippen molar-refractivity contribution in [2.45, 2.75) is 44.9 Å². The summed E-state index contributed by atoms with van der Waals surface area (Å²) in [6, 6.07) is 5.02. The zero-order valence-corrected chi connectivity index (χ0v) is 16.1. The summed E-state index contributed by atoms with van der Waals surface area (Å²) in [6.07, 6.45) is -0.626. The molecule has 2 fully saturated rings. The molecule has 1 saturated carbocycles. The van der Waals surface area contributed by atoms with Gasteiger partial charge in [0.25, 0.3) is 0 Å². The number of halogens is 3. The molecule has 0 radical (unpaired) electrons. The van der Waals surface area contributed by atoms with Crippen LogP contribution in [-0.4, -0.2) is 49.4 Å². The normalized spacial score (nSPS) is 19.1. The summed E-state index contributed by atoms with van der Waals surface area (Å²) in [5, 5.41) is 2.72. The molecular weight excluding hydrogens is 389 g/mol. The molecule has 6 nitrogen and oxygen atoms in total. The third-order valence-electron chi connectivity index (χ3n) is 5.46. The van der Waals surface area contributed by atoms with Gasteiger partial charge in [0.05, 0.1) is 13.2 Å². The molecule has 1 heterocycles. The van der Waals surface area contributed by atoms with Crippen LogP contribution in [0.4, 0.5) is 18.9 Å². The van der Waals surface area contributed by atoms with E-state index < -0.39 is 6.36 Å². The molecule has 0 unspecified atom stereocenters. The van der Waals surface area contributed by atoms with Crippen LogP contribution in [0.25, 0.3) is 0 Å². The molecule has 1 saturated heterocycles. The number of carbonyl (C=O) groups is 2. The Morgan fingerprint density at radius 2 is 1.69 bits per heavy atom. The minimum absolute atomic E-state index is 0.0525. The highest BCUT2D eigenvalue weighted by Crippen LogP contribution is 2.44. The van der Waals surface area contributed by atoms with E-state index in [1.165, 1.54) is 12.1 Å². The number of amides is 2. The number of nitrogens with one attached hydrogen (secondary N) is 1.